The van der Waals surface area contributed by atoms with Crippen molar-refractivity contribution in [2.75, 3.05) is 13.1 Å². The molecule has 2 amide bonds. The van der Waals surface area contributed by atoms with E-state index in [-0.39, 0.29) is 17.9 Å². The van der Waals surface area contributed by atoms with Gasteiger partial charge in [0, 0.05) is 41.5 Å². The molecular formula is C18H19N3O2S. The standard InChI is InChI=1S/C18H19N3O2S/c22-17(20-14-9-12-3-4-13(14)19-12)11-2-1-10-7-16(24-15(10)8-11)18(23)21-5-6-21/h1-2,7-8,12-14,19H,3-6,9H2,(H,20,22)/t12-,13+,14-/m1/s1. The molecule has 0 saturated carbocycles. The van der Waals surface area contributed by atoms with Crippen LogP contribution >= 0.6 is 11.3 Å². The molecule has 2 bridgehead atoms. The number of nitrogens with one attached hydrogen (secondary N) is 2. The molecule has 2 aromatic rings. The van der Waals surface area contributed by atoms with Crippen molar-refractivity contribution in [3.8, 4) is 0 Å². The van der Waals surface area contributed by atoms with Gasteiger partial charge in [0.1, 0.15) is 0 Å². The highest BCUT2D eigenvalue weighted by Crippen LogP contribution is 2.30. The maximum absolute atomic E-state index is 12.6. The average Bonchev–Trinajstić information content (AvgIpc) is 3.03. The largest absolute Gasteiger partial charge is 0.348 e. The van der Waals surface area contributed by atoms with Crippen molar-refractivity contribution in [3.63, 3.8) is 0 Å². The summed E-state index contributed by atoms with van der Waals surface area (Å²) in [4.78, 5) is 27.3. The molecule has 3 saturated heterocycles. The Hall–Kier alpha value is -1.92. The zero-order valence-electron chi connectivity index (χ0n) is 13.2. The molecule has 2 N–H and O–H groups in total. The van der Waals surface area contributed by atoms with Gasteiger partial charge in [-0.1, -0.05) is 6.07 Å². The topological polar surface area (TPSA) is 61.2 Å². The van der Waals surface area contributed by atoms with Crippen molar-refractivity contribution in [3.05, 3.63) is 34.7 Å². The lowest BCUT2D eigenvalue weighted by molar-refractivity contribution is 0.0888. The molecule has 24 heavy (non-hydrogen) atoms. The second-order valence-electron chi connectivity index (χ2n) is 7.02. The molecule has 1 aromatic heterocycles. The van der Waals surface area contributed by atoms with E-state index in [4.69, 9.17) is 0 Å². The fourth-order valence-corrected chi connectivity index (χ4v) is 4.99. The molecule has 3 atom stereocenters. The fourth-order valence-electron chi connectivity index (χ4n) is 3.92. The second kappa shape index (κ2) is 5.29. The van der Waals surface area contributed by atoms with Gasteiger partial charge in [-0.15, -0.1) is 11.3 Å². The lowest BCUT2D eigenvalue weighted by Crippen LogP contribution is -2.42. The SMILES string of the molecule is O=C(N[C@@H]1C[C@H]2CC[C@@H]1N2)c1ccc2cc(C(=O)N3CC3)sc2c1. The third-order valence-electron chi connectivity index (χ3n) is 5.34. The number of amides is 2. The van der Waals surface area contributed by atoms with Crippen LogP contribution in [0.1, 0.15) is 39.3 Å². The third kappa shape index (κ3) is 2.41. The molecule has 5 nitrogen and oxygen atoms in total. The Bertz CT molecular complexity index is 842. The molecule has 1 aromatic carbocycles. The van der Waals surface area contributed by atoms with Crippen LogP contribution in [-0.4, -0.2) is 47.9 Å². The van der Waals surface area contributed by atoms with Crippen LogP contribution in [0.3, 0.4) is 0 Å². The number of rotatable bonds is 3. The molecule has 0 radical (unpaired) electrons. The van der Waals surface area contributed by atoms with E-state index in [9.17, 15) is 9.59 Å². The fraction of sp³-hybridized carbons (Fsp3) is 0.444. The van der Waals surface area contributed by atoms with Gasteiger partial charge in [-0.25, -0.2) is 0 Å². The van der Waals surface area contributed by atoms with Crippen molar-refractivity contribution in [1.82, 2.24) is 15.5 Å². The Morgan fingerprint density at radius 2 is 2.08 bits per heavy atom. The molecule has 4 heterocycles. The molecule has 3 aliphatic rings. The Kier molecular flexibility index (Phi) is 3.18. The number of hydrogen-bond donors (Lipinski definition) is 2. The molecule has 3 aliphatic heterocycles. The first-order valence-electron chi connectivity index (χ1n) is 8.57. The van der Waals surface area contributed by atoms with E-state index in [1.807, 2.05) is 29.2 Å². The first-order valence-corrected chi connectivity index (χ1v) is 9.39. The summed E-state index contributed by atoms with van der Waals surface area (Å²) >= 11 is 1.48. The van der Waals surface area contributed by atoms with Crippen molar-refractivity contribution < 1.29 is 9.59 Å². The van der Waals surface area contributed by atoms with E-state index in [0.29, 0.717) is 17.6 Å². The Balaban J connectivity index is 1.36. The molecular weight excluding hydrogens is 322 g/mol. The smallest absolute Gasteiger partial charge is 0.264 e. The van der Waals surface area contributed by atoms with E-state index in [2.05, 4.69) is 10.6 Å². The van der Waals surface area contributed by atoms with Gasteiger partial charge in [-0.3, -0.25) is 9.59 Å². The summed E-state index contributed by atoms with van der Waals surface area (Å²) in [7, 11) is 0. The minimum Gasteiger partial charge on any atom is -0.348 e. The van der Waals surface area contributed by atoms with Crippen LogP contribution in [0.15, 0.2) is 24.3 Å². The molecule has 3 fully saturated rings. The van der Waals surface area contributed by atoms with Crippen molar-refractivity contribution in [1.29, 1.82) is 0 Å². The number of carbonyl (C=O) groups excluding carboxylic acids is 2. The lowest BCUT2D eigenvalue weighted by atomic mass is 9.95. The molecule has 0 unspecified atom stereocenters. The van der Waals surface area contributed by atoms with Crippen LogP contribution in [0, 0.1) is 0 Å². The van der Waals surface area contributed by atoms with Crippen LogP contribution in [-0.2, 0) is 0 Å². The van der Waals surface area contributed by atoms with Crippen LogP contribution in [0.25, 0.3) is 10.1 Å². The number of hydrogen-bond acceptors (Lipinski definition) is 4. The summed E-state index contributed by atoms with van der Waals surface area (Å²) in [6.07, 6.45) is 3.42. The van der Waals surface area contributed by atoms with E-state index < -0.39 is 0 Å². The van der Waals surface area contributed by atoms with Crippen molar-refractivity contribution in [2.45, 2.75) is 37.4 Å². The first kappa shape index (κ1) is 14.4. The summed E-state index contributed by atoms with van der Waals surface area (Å²) in [6.45, 7) is 1.72. The van der Waals surface area contributed by atoms with Gasteiger partial charge in [0.2, 0.25) is 0 Å². The Labute approximate surface area is 144 Å². The summed E-state index contributed by atoms with van der Waals surface area (Å²) in [5.74, 6) is 0.0960. The van der Waals surface area contributed by atoms with E-state index in [1.165, 1.54) is 17.8 Å². The zero-order valence-corrected chi connectivity index (χ0v) is 14.1. The average molecular weight is 341 g/mol. The molecule has 0 aliphatic carbocycles. The molecule has 124 valence electrons. The quantitative estimate of drug-likeness (QED) is 0.839. The number of thiophene rings is 1. The van der Waals surface area contributed by atoms with Gasteiger partial charge in [-0.05, 0) is 42.8 Å². The van der Waals surface area contributed by atoms with Crippen molar-refractivity contribution >= 4 is 33.2 Å². The van der Waals surface area contributed by atoms with Crippen LogP contribution < -0.4 is 10.6 Å². The van der Waals surface area contributed by atoms with Gasteiger partial charge >= 0.3 is 0 Å². The van der Waals surface area contributed by atoms with Gasteiger partial charge < -0.3 is 15.5 Å². The molecule has 6 heteroatoms. The minimum atomic E-state index is -0.0107. The lowest BCUT2D eigenvalue weighted by Gasteiger charge is -2.21. The monoisotopic (exact) mass is 341 g/mol. The van der Waals surface area contributed by atoms with Gasteiger partial charge in [0.25, 0.3) is 11.8 Å². The number of fused-ring (bicyclic) bond motifs is 3. The maximum Gasteiger partial charge on any atom is 0.264 e. The highest BCUT2D eigenvalue weighted by molar-refractivity contribution is 7.20. The highest BCUT2D eigenvalue weighted by Gasteiger charge is 2.39. The molecule has 5 rings (SSSR count). The van der Waals surface area contributed by atoms with E-state index in [0.717, 1.165) is 40.9 Å². The number of carbonyl (C=O) groups is 2. The minimum absolute atomic E-state index is 0.0107. The van der Waals surface area contributed by atoms with Crippen LogP contribution in [0.5, 0.6) is 0 Å². The summed E-state index contributed by atoms with van der Waals surface area (Å²) in [5, 5.41) is 7.75. The van der Waals surface area contributed by atoms with Gasteiger partial charge in [0.05, 0.1) is 4.88 Å². The zero-order chi connectivity index (χ0) is 16.3. The summed E-state index contributed by atoms with van der Waals surface area (Å²) < 4.78 is 0.999. The number of benzene rings is 1. The summed E-state index contributed by atoms with van der Waals surface area (Å²) in [5.41, 5.74) is 0.679. The van der Waals surface area contributed by atoms with Crippen LogP contribution in [0.2, 0.25) is 0 Å². The van der Waals surface area contributed by atoms with Crippen LogP contribution in [0.4, 0.5) is 0 Å². The first-order chi connectivity index (χ1) is 11.7. The Morgan fingerprint density at radius 1 is 1.21 bits per heavy atom. The maximum atomic E-state index is 12.6. The van der Waals surface area contributed by atoms with Gasteiger partial charge in [-0.2, -0.15) is 0 Å². The predicted molar refractivity (Wildman–Crippen MR) is 93.5 cm³/mol. The summed E-state index contributed by atoms with van der Waals surface area (Å²) in [6, 6.07) is 8.90. The Morgan fingerprint density at radius 3 is 2.79 bits per heavy atom. The second-order valence-corrected chi connectivity index (χ2v) is 8.10. The van der Waals surface area contributed by atoms with Crippen molar-refractivity contribution in [2.24, 2.45) is 0 Å². The van der Waals surface area contributed by atoms with Gasteiger partial charge in [0.15, 0.2) is 0 Å². The van der Waals surface area contributed by atoms with E-state index in [1.54, 1.807) is 0 Å². The highest BCUT2D eigenvalue weighted by atomic mass is 32.1. The predicted octanol–water partition coefficient (Wildman–Crippen LogP) is 1.98. The third-order valence-corrected chi connectivity index (χ3v) is 6.43. The number of nitrogens with zero attached hydrogens (tertiary/aromatic N) is 1. The van der Waals surface area contributed by atoms with E-state index >= 15 is 0 Å². The normalized spacial score (nSPS) is 27.7. The molecule has 0 spiro atoms.